The molecule has 0 unspecified atom stereocenters. The first-order valence-corrected chi connectivity index (χ1v) is 5.15. The number of hydrogen-bond donors (Lipinski definition) is 0. The van der Waals surface area contributed by atoms with Crippen molar-refractivity contribution in [1.82, 2.24) is 4.09 Å². The van der Waals surface area contributed by atoms with Gasteiger partial charge in [0.15, 0.2) is 0 Å². The summed E-state index contributed by atoms with van der Waals surface area (Å²) in [5.41, 5.74) is -3.72. The maximum absolute atomic E-state index is 12.2. The lowest BCUT2D eigenvalue weighted by Gasteiger charge is -2.02. The summed E-state index contributed by atoms with van der Waals surface area (Å²) in [6.45, 7) is 0. The van der Waals surface area contributed by atoms with Crippen molar-refractivity contribution in [2.45, 2.75) is 10.4 Å². The average Bonchev–Trinajstić information content (AvgIpc) is 2.42. The van der Waals surface area contributed by atoms with Gasteiger partial charge in [0.2, 0.25) is 0 Å². The number of aromatic nitrogens is 1. The fourth-order valence-corrected chi connectivity index (χ4v) is 2.31. The predicted molar refractivity (Wildman–Crippen MR) is 55.1 cm³/mol. The molecule has 80 valence electrons. The van der Waals surface area contributed by atoms with Gasteiger partial charge in [-0.25, -0.2) is 0 Å². The predicted octanol–water partition coefficient (Wildman–Crippen LogP) is 4.26. The summed E-state index contributed by atoms with van der Waals surface area (Å²) in [5, 5.41) is 0.509. The van der Waals surface area contributed by atoms with Crippen LogP contribution in [0.5, 0.6) is 0 Å². The van der Waals surface area contributed by atoms with Crippen molar-refractivity contribution in [3.63, 3.8) is 0 Å². The van der Waals surface area contributed by atoms with Crippen molar-refractivity contribution in [2.75, 3.05) is 0 Å². The Morgan fingerprint density at radius 2 is 1.87 bits per heavy atom. The van der Waals surface area contributed by atoms with Crippen LogP contribution in [0.3, 0.4) is 0 Å². The molecule has 0 atom stereocenters. The van der Waals surface area contributed by atoms with Gasteiger partial charge in [-0.2, -0.15) is 13.2 Å². The second kappa shape index (κ2) is 3.64. The van der Waals surface area contributed by atoms with E-state index in [0.717, 1.165) is 0 Å². The van der Waals surface area contributed by atoms with Crippen LogP contribution in [0.15, 0.2) is 35.4 Å². The van der Waals surface area contributed by atoms with Crippen LogP contribution in [0.2, 0.25) is 0 Å². The van der Waals surface area contributed by atoms with E-state index >= 15 is 0 Å². The number of fused-ring (bicyclic) bond motifs is 1. The van der Waals surface area contributed by atoms with E-state index in [9.17, 15) is 13.2 Å². The van der Waals surface area contributed by atoms with Crippen LogP contribution >= 0.6 is 23.5 Å². The second-order valence-electron chi connectivity index (χ2n) is 2.87. The SMILES string of the molecule is FC(F)(F)Sc1cn(Cl)c2ccccc12. The van der Waals surface area contributed by atoms with E-state index in [1.807, 2.05) is 0 Å². The van der Waals surface area contributed by atoms with Crippen LogP contribution in [0.25, 0.3) is 10.9 Å². The van der Waals surface area contributed by atoms with E-state index in [0.29, 0.717) is 10.9 Å². The van der Waals surface area contributed by atoms with Gasteiger partial charge < -0.3 is 0 Å². The number of nitrogens with zero attached hydrogens (tertiary/aromatic N) is 1. The van der Waals surface area contributed by atoms with E-state index in [2.05, 4.69) is 0 Å². The first-order valence-electron chi connectivity index (χ1n) is 3.99. The monoisotopic (exact) mass is 251 g/mol. The molecule has 1 aromatic heterocycles. The maximum atomic E-state index is 12.2. The van der Waals surface area contributed by atoms with E-state index in [4.69, 9.17) is 11.8 Å². The quantitative estimate of drug-likeness (QED) is 0.686. The molecule has 1 heterocycles. The number of halogens is 4. The molecule has 0 bridgehead atoms. The minimum absolute atomic E-state index is 0.119. The lowest BCUT2D eigenvalue weighted by molar-refractivity contribution is -0.0327. The third-order valence-electron chi connectivity index (χ3n) is 1.86. The second-order valence-corrected chi connectivity index (χ2v) is 4.34. The van der Waals surface area contributed by atoms with Gasteiger partial charge in [0.25, 0.3) is 0 Å². The summed E-state index contributed by atoms with van der Waals surface area (Å²) in [5.74, 6) is 0. The molecule has 0 amide bonds. The van der Waals surface area contributed by atoms with E-state index in [1.54, 1.807) is 24.3 Å². The van der Waals surface area contributed by atoms with Crippen molar-refractivity contribution < 1.29 is 13.2 Å². The highest BCUT2D eigenvalue weighted by Gasteiger charge is 2.30. The summed E-state index contributed by atoms with van der Waals surface area (Å²) >= 11 is 5.59. The highest BCUT2D eigenvalue weighted by Crippen LogP contribution is 2.41. The highest BCUT2D eigenvalue weighted by molar-refractivity contribution is 8.00. The number of alkyl halides is 3. The Bertz CT molecular complexity index is 492. The highest BCUT2D eigenvalue weighted by atomic mass is 35.5. The zero-order valence-corrected chi connectivity index (χ0v) is 8.83. The van der Waals surface area contributed by atoms with Crippen LogP contribution in [0, 0.1) is 0 Å². The molecular weight excluding hydrogens is 247 g/mol. The van der Waals surface area contributed by atoms with Crippen LogP contribution < -0.4 is 0 Å². The number of rotatable bonds is 1. The van der Waals surface area contributed by atoms with Gasteiger partial charge in [-0.1, -0.05) is 18.2 Å². The van der Waals surface area contributed by atoms with Crippen LogP contribution in [-0.4, -0.2) is 9.59 Å². The molecule has 0 saturated heterocycles. The molecule has 2 aromatic rings. The summed E-state index contributed by atoms with van der Waals surface area (Å²) in [6.07, 6.45) is 1.27. The zero-order valence-electron chi connectivity index (χ0n) is 7.25. The molecule has 0 aliphatic rings. The Labute approximate surface area is 92.9 Å². The fourth-order valence-electron chi connectivity index (χ4n) is 1.32. The van der Waals surface area contributed by atoms with Gasteiger partial charge in [0.1, 0.15) is 0 Å². The zero-order chi connectivity index (χ0) is 11.1. The largest absolute Gasteiger partial charge is 0.446 e. The van der Waals surface area contributed by atoms with Gasteiger partial charge in [-0.05, 0) is 17.8 Å². The number of para-hydroxylation sites is 1. The van der Waals surface area contributed by atoms with Crippen molar-refractivity contribution in [3.05, 3.63) is 30.5 Å². The van der Waals surface area contributed by atoms with E-state index < -0.39 is 5.51 Å². The lowest BCUT2D eigenvalue weighted by atomic mass is 10.2. The summed E-state index contributed by atoms with van der Waals surface area (Å²) in [4.78, 5) is 0.119. The Morgan fingerprint density at radius 3 is 2.53 bits per heavy atom. The standard InChI is InChI=1S/C9H5ClF3NS/c10-14-5-8(15-9(11,12)13)6-3-1-2-4-7(6)14/h1-5H. The van der Waals surface area contributed by atoms with Crippen molar-refractivity contribution in [1.29, 1.82) is 0 Å². The molecule has 2 rings (SSSR count). The first-order chi connectivity index (χ1) is 6.97. The fraction of sp³-hybridized carbons (Fsp3) is 0.111. The molecule has 1 aromatic carbocycles. The van der Waals surface area contributed by atoms with Gasteiger partial charge >= 0.3 is 5.51 Å². The molecule has 0 radical (unpaired) electrons. The molecule has 1 nitrogen and oxygen atoms in total. The average molecular weight is 252 g/mol. The minimum atomic E-state index is -4.29. The Kier molecular flexibility index (Phi) is 2.60. The Morgan fingerprint density at radius 1 is 1.20 bits per heavy atom. The number of thioether (sulfide) groups is 1. The molecule has 0 aliphatic carbocycles. The molecule has 0 spiro atoms. The molecule has 0 saturated carbocycles. The van der Waals surface area contributed by atoms with Crippen LogP contribution in [0.1, 0.15) is 0 Å². The smallest absolute Gasteiger partial charge is 0.259 e. The first kappa shape index (κ1) is 10.7. The normalized spacial score (nSPS) is 12.3. The summed E-state index contributed by atoms with van der Waals surface area (Å²) in [7, 11) is 0. The molecule has 0 N–H and O–H groups in total. The van der Waals surface area contributed by atoms with Gasteiger partial charge in [-0.15, -0.1) is 0 Å². The number of benzene rings is 1. The summed E-state index contributed by atoms with van der Waals surface area (Å²) in [6, 6.07) is 6.69. The topological polar surface area (TPSA) is 4.93 Å². The molecular formula is C9H5ClF3NS. The molecule has 0 fully saturated rings. The molecule has 6 heteroatoms. The van der Waals surface area contributed by atoms with Crippen LogP contribution in [-0.2, 0) is 0 Å². The lowest BCUT2D eigenvalue weighted by Crippen LogP contribution is -1.98. The maximum Gasteiger partial charge on any atom is 0.446 e. The van der Waals surface area contributed by atoms with Crippen LogP contribution in [0.4, 0.5) is 13.2 Å². The van der Waals surface area contributed by atoms with Crippen molar-refractivity contribution in [3.8, 4) is 0 Å². The number of hydrogen-bond acceptors (Lipinski definition) is 1. The van der Waals surface area contributed by atoms with Gasteiger partial charge in [0.05, 0.1) is 5.52 Å². The minimum Gasteiger partial charge on any atom is -0.259 e. The Hall–Kier alpha value is -0.810. The third kappa shape index (κ3) is 2.23. The van der Waals surface area contributed by atoms with E-state index in [1.165, 1.54) is 10.3 Å². The Balaban J connectivity index is 2.53. The summed E-state index contributed by atoms with van der Waals surface area (Å²) < 4.78 is 37.7. The van der Waals surface area contributed by atoms with Gasteiger partial charge in [0, 0.05) is 28.3 Å². The van der Waals surface area contributed by atoms with Gasteiger partial charge in [-0.3, -0.25) is 4.09 Å². The van der Waals surface area contributed by atoms with E-state index in [-0.39, 0.29) is 16.7 Å². The third-order valence-corrected chi connectivity index (χ3v) is 2.91. The van der Waals surface area contributed by atoms with Crippen molar-refractivity contribution in [2.24, 2.45) is 0 Å². The molecule has 15 heavy (non-hydrogen) atoms. The molecule has 0 aliphatic heterocycles. The van der Waals surface area contributed by atoms with Crippen molar-refractivity contribution >= 4 is 34.4 Å².